The second kappa shape index (κ2) is 4.77. The molecule has 0 N–H and O–H groups in total. The van der Waals surface area contributed by atoms with Crippen molar-refractivity contribution in [1.29, 1.82) is 0 Å². The van der Waals surface area contributed by atoms with Gasteiger partial charge in [-0.15, -0.1) is 0 Å². The van der Waals surface area contributed by atoms with Crippen molar-refractivity contribution in [3.05, 3.63) is 60.4 Å². The van der Waals surface area contributed by atoms with Gasteiger partial charge in [0.25, 0.3) is 5.91 Å². The summed E-state index contributed by atoms with van der Waals surface area (Å²) in [6.07, 6.45) is 3.12. The van der Waals surface area contributed by atoms with Crippen molar-refractivity contribution >= 4 is 23.4 Å². The molecule has 0 radical (unpaired) electrons. The summed E-state index contributed by atoms with van der Waals surface area (Å²) in [5, 5.41) is 0. The predicted octanol–water partition coefficient (Wildman–Crippen LogP) is 2.88. The number of para-hydroxylation sites is 1. The Kier molecular flexibility index (Phi) is 3.17. The molecule has 80 valence electrons. The number of amides is 1. The SMILES string of the molecule is O=C(c1ccncc1)N(Cl)c1ccccc1. The van der Waals surface area contributed by atoms with Crippen molar-refractivity contribution < 1.29 is 4.79 Å². The number of benzene rings is 1. The number of hydrogen-bond donors (Lipinski definition) is 0. The molecule has 16 heavy (non-hydrogen) atoms. The zero-order valence-electron chi connectivity index (χ0n) is 8.38. The van der Waals surface area contributed by atoms with E-state index in [-0.39, 0.29) is 5.91 Å². The lowest BCUT2D eigenvalue weighted by molar-refractivity contribution is 0.101. The molecule has 0 bridgehead atoms. The van der Waals surface area contributed by atoms with E-state index in [1.165, 1.54) is 0 Å². The Hall–Kier alpha value is -1.87. The van der Waals surface area contributed by atoms with Crippen LogP contribution in [0.25, 0.3) is 0 Å². The largest absolute Gasteiger partial charge is 0.273 e. The number of halogens is 1. The Morgan fingerprint density at radius 2 is 1.69 bits per heavy atom. The minimum Gasteiger partial charge on any atom is -0.267 e. The molecule has 0 unspecified atom stereocenters. The first kappa shape index (κ1) is 10.6. The Balaban J connectivity index is 2.24. The van der Waals surface area contributed by atoms with Crippen molar-refractivity contribution in [3.63, 3.8) is 0 Å². The predicted molar refractivity (Wildman–Crippen MR) is 63.3 cm³/mol. The highest BCUT2D eigenvalue weighted by atomic mass is 35.5. The quantitative estimate of drug-likeness (QED) is 0.746. The van der Waals surface area contributed by atoms with Crippen molar-refractivity contribution in [2.45, 2.75) is 0 Å². The lowest BCUT2D eigenvalue weighted by Crippen LogP contribution is -2.20. The topological polar surface area (TPSA) is 33.2 Å². The molecule has 1 amide bonds. The Morgan fingerprint density at radius 1 is 1.06 bits per heavy atom. The van der Waals surface area contributed by atoms with Crippen LogP contribution in [0.15, 0.2) is 54.9 Å². The van der Waals surface area contributed by atoms with Crippen molar-refractivity contribution in [1.82, 2.24) is 4.98 Å². The fourth-order valence-electron chi connectivity index (χ4n) is 1.28. The van der Waals surface area contributed by atoms with E-state index in [0.717, 1.165) is 4.42 Å². The molecule has 0 fully saturated rings. The van der Waals surface area contributed by atoms with Crippen molar-refractivity contribution in [2.24, 2.45) is 0 Å². The number of hydrogen-bond acceptors (Lipinski definition) is 2. The molecule has 0 aliphatic rings. The summed E-state index contributed by atoms with van der Waals surface area (Å²) in [5.74, 6) is -0.268. The summed E-state index contributed by atoms with van der Waals surface area (Å²) >= 11 is 5.95. The van der Waals surface area contributed by atoms with E-state index in [9.17, 15) is 4.79 Å². The molecular formula is C12H9ClN2O. The molecule has 0 spiro atoms. The summed E-state index contributed by atoms with van der Waals surface area (Å²) in [6.45, 7) is 0. The maximum atomic E-state index is 11.9. The molecule has 3 nitrogen and oxygen atoms in total. The van der Waals surface area contributed by atoms with Crippen LogP contribution in [-0.2, 0) is 0 Å². The molecule has 0 aliphatic heterocycles. The van der Waals surface area contributed by atoms with Gasteiger partial charge in [-0.25, -0.2) is 4.42 Å². The molecule has 1 heterocycles. The summed E-state index contributed by atoms with van der Waals surface area (Å²) < 4.78 is 1.09. The van der Waals surface area contributed by atoms with Gasteiger partial charge >= 0.3 is 0 Å². The molecule has 1 aromatic carbocycles. The first-order valence-electron chi connectivity index (χ1n) is 4.74. The van der Waals surface area contributed by atoms with E-state index in [1.54, 1.807) is 36.7 Å². The van der Waals surface area contributed by atoms with Gasteiger partial charge in [0, 0.05) is 29.7 Å². The van der Waals surface area contributed by atoms with Crippen LogP contribution >= 0.6 is 11.8 Å². The second-order valence-corrected chi connectivity index (χ2v) is 3.50. The normalized spacial score (nSPS) is 9.81. The Labute approximate surface area is 98.4 Å². The second-order valence-electron chi connectivity index (χ2n) is 3.16. The lowest BCUT2D eigenvalue weighted by atomic mass is 10.2. The van der Waals surface area contributed by atoms with E-state index >= 15 is 0 Å². The number of carbonyl (C=O) groups excluding carboxylic acids is 1. The molecule has 2 rings (SSSR count). The van der Waals surface area contributed by atoms with Gasteiger partial charge in [0.2, 0.25) is 0 Å². The highest BCUT2D eigenvalue weighted by Crippen LogP contribution is 2.18. The first-order chi connectivity index (χ1) is 7.79. The van der Waals surface area contributed by atoms with Crippen LogP contribution in [0.3, 0.4) is 0 Å². The Bertz CT molecular complexity index is 473. The van der Waals surface area contributed by atoms with Crippen LogP contribution in [0.1, 0.15) is 10.4 Å². The van der Waals surface area contributed by atoms with E-state index in [1.807, 2.05) is 18.2 Å². The summed E-state index contributed by atoms with van der Waals surface area (Å²) in [5.41, 5.74) is 1.15. The van der Waals surface area contributed by atoms with Crippen LogP contribution in [0.4, 0.5) is 5.69 Å². The Morgan fingerprint density at radius 3 is 2.31 bits per heavy atom. The zero-order chi connectivity index (χ0) is 11.4. The fourth-order valence-corrected chi connectivity index (χ4v) is 1.49. The van der Waals surface area contributed by atoms with Crippen molar-refractivity contribution in [3.8, 4) is 0 Å². The van der Waals surface area contributed by atoms with Gasteiger partial charge < -0.3 is 0 Å². The summed E-state index contributed by atoms with van der Waals surface area (Å²) in [4.78, 5) is 15.8. The van der Waals surface area contributed by atoms with Gasteiger partial charge in [0.15, 0.2) is 0 Å². The smallest absolute Gasteiger partial charge is 0.267 e. The van der Waals surface area contributed by atoms with Gasteiger partial charge in [0.1, 0.15) is 0 Å². The van der Waals surface area contributed by atoms with Gasteiger partial charge in [-0.1, -0.05) is 18.2 Å². The maximum absolute atomic E-state index is 11.9. The molecular weight excluding hydrogens is 224 g/mol. The molecule has 0 saturated carbocycles. The van der Waals surface area contributed by atoms with Crippen LogP contribution < -0.4 is 4.42 Å². The number of rotatable bonds is 2. The molecule has 0 saturated heterocycles. The molecule has 0 atom stereocenters. The minimum atomic E-state index is -0.268. The van der Waals surface area contributed by atoms with E-state index in [2.05, 4.69) is 4.98 Å². The number of aromatic nitrogens is 1. The van der Waals surface area contributed by atoms with E-state index < -0.39 is 0 Å². The number of pyridine rings is 1. The third-order valence-electron chi connectivity index (χ3n) is 2.09. The van der Waals surface area contributed by atoms with E-state index in [0.29, 0.717) is 11.3 Å². The van der Waals surface area contributed by atoms with Crippen LogP contribution in [0.5, 0.6) is 0 Å². The monoisotopic (exact) mass is 232 g/mol. The first-order valence-corrected chi connectivity index (χ1v) is 5.08. The highest BCUT2D eigenvalue weighted by molar-refractivity contribution is 6.39. The number of anilines is 1. The summed E-state index contributed by atoms with van der Waals surface area (Å²) in [7, 11) is 0. The molecule has 2 aromatic rings. The third-order valence-corrected chi connectivity index (χ3v) is 2.44. The van der Waals surface area contributed by atoms with Gasteiger partial charge in [-0.3, -0.25) is 9.78 Å². The van der Waals surface area contributed by atoms with E-state index in [4.69, 9.17) is 11.8 Å². The summed E-state index contributed by atoms with van der Waals surface area (Å²) in [6, 6.07) is 12.3. The molecule has 0 aliphatic carbocycles. The fraction of sp³-hybridized carbons (Fsp3) is 0. The van der Waals surface area contributed by atoms with Crippen LogP contribution in [0.2, 0.25) is 0 Å². The van der Waals surface area contributed by atoms with Gasteiger partial charge in [-0.05, 0) is 24.3 Å². The number of nitrogens with zero attached hydrogens (tertiary/aromatic N) is 2. The average molecular weight is 233 g/mol. The minimum absolute atomic E-state index is 0.268. The standard InChI is InChI=1S/C12H9ClN2O/c13-15(11-4-2-1-3-5-11)12(16)10-6-8-14-9-7-10/h1-9H. The third kappa shape index (κ3) is 2.20. The molecule has 4 heteroatoms. The zero-order valence-corrected chi connectivity index (χ0v) is 9.13. The van der Waals surface area contributed by atoms with Gasteiger partial charge in [-0.2, -0.15) is 0 Å². The highest BCUT2D eigenvalue weighted by Gasteiger charge is 2.14. The van der Waals surface area contributed by atoms with Crippen LogP contribution in [0, 0.1) is 0 Å². The van der Waals surface area contributed by atoms with Crippen LogP contribution in [-0.4, -0.2) is 10.9 Å². The number of carbonyl (C=O) groups is 1. The molecule has 1 aromatic heterocycles. The average Bonchev–Trinajstić information content (AvgIpc) is 2.39. The van der Waals surface area contributed by atoms with Crippen molar-refractivity contribution in [2.75, 3.05) is 4.42 Å². The van der Waals surface area contributed by atoms with Gasteiger partial charge in [0.05, 0.1) is 5.69 Å². The maximum Gasteiger partial charge on any atom is 0.273 e. The lowest BCUT2D eigenvalue weighted by Gasteiger charge is -2.13.